The van der Waals surface area contributed by atoms with Gasteiger partial charge in [-0.25, -0.2) is 0 Å². The highest BCUT2D eigenvalue weighted by Crippen LogP contribution is 2.35. The lowest BCUT2D eigenvalue weighted by Crippen LogP contribution is -2.37. The van der Waals surface area contributed by atoms with Gasteiger partial charge in [0.2, 0.25) is 0 Å². The Bertz CT molecular complexity index is 451. The van der Waals surface area contributed by atoms with Crippen molar-refractivity contribution in [3.63, 3.8) is 0 Å². The van der Waals surface area contributed by atoms with E-state index in [0.29, 0.717) is 11.5 Å². The van der Waals surface area contributed by atoms with Gasteiger partial charge in [0.1, 0.15) is 0 Å². The van der Waals surface area contributed by atoms with Gasteiger partial charge in [0.15, 0.2) is 0 Å². The Hall–Kier alpha value is -0.830. The average molecular weight is 277 g/mol. The molecule has 1 aromatic heterocycles. The van der Waals surface area contributed by atoms with Crippen molar-refractivity contribution in [1.82, 2.24) is 15.1 Å². The highest BCUT2D eigenvalue weighted by atomic mass is 15.3. The number of hydrogen-bond acceptors (Lipinski definition) is 2. The first-order valence-electron chi connectivity index (χ1n) is 7.94. The Morgan fingerprint density at radius 2 is 2.10 bits per heavy atom. The Labute approximate surface area is 124 Å². The summed E-state index contributed by atoms with van der Waals surface area (Å²) in [4.78, 5) is 0. The molecule has 1 N–H and O–H groups in total. The summed E-state index contributed by atoms with van der Waals surface area (Å²) in [5, 5.41) is 8.42. The summed E-state index contributed by atoms with van der Waals surface area (Å²) in [6.45, 7) is 12.5. The second kappa shape index (κ2) is 5.51. The molecule has 1 fully saturated rings. The molecule has 1 aromatic rings. The molecular weight excluding hydrogens is 246 g/mol. The van der Waals surface area contributed by atoms with Gasteiger partial charge in [0, 0.05) is 36.8 Å². The maximum Gasteiger partial charge on any atom is 0.0722 e. The summed E-state index contributed by atoms with van der Waals surface area (Å²) < 4.78 is 1.95. The zero-order valence-corrected chi connectivity index (χ0v) is 14.1. The molecule has 0 aromatic carbocycles. The van der Waals surface area contributed by atoms with Crippen LogP contribution < -0.4 is 5.32 Å². The molecule has 0 spiro atoms. The van der Waals surface area contributed by atoms with E-state index in [9.17, 15) is 0 Å². The van der Waals surface area contributed by atoms with E-state index >= 15 is 0 Å². The second-order valence-corrected chi connectivity index (χ2v) is 8.27. The minimum absolute atomic E-state index is 0.115. The average Bonchev–Trinajstić information content (AvgIpc) is 2.66. The van der Waals surface area contributed by atoms with Gasteiger partial charge in [-0.3, -0.25) is 4.68 Å². The van der Waals surface area contributed by atoms with Crippen LogP contribution in [0.4, 0.5) is 0 Å². The summed E-state index contributed by atoms with van der Waals surface area (Å²) in [5.41, 5.74) is 3.19. The largest absolute Gasteiger partial charge is 0.310 e. The fourth-order valence-electron chi connectivity index (χ4n) is 3.43. The molecule has 1 unspecified atom stereocenters. The van der Waals surface area contributed by atoms with Crippen LogP contribution in [0.5, 0.6) is 0 Å². The normalized spacial score (nSPS) is 23.0. The van der Waals surface area contributed by atoms with E-state index in [0.717, 1.165) is 6.54 Å². The molecule has 3 nitrogen and oxygen atoms in total. The molecule has 0 bridgehead atoms. The minimum Gasteiger partial charge on any atom is -0.310 e. The first kappa shape index (κ1) is 15.6. The quantitative estimate of drug-likeness (QED) is 0.911. The molecule has 114 valence electrons. The van der Waals surface area contributed by atoms with Crippen molar-refractivity contribution >= 4 is 0 Å². The monoisotopic (exact) mass is 277 g/mol. The van der Waals surface area contributed by atoms with Crippen molar-refractivity contribution < 1.29 is 0 Å². The predicted octanol–water partition coefficient (Wildman–Crippen LogP) is 3.78. The van der Waals surface area contributed by atoms with E-state index < -0.39 is 0 Å². The van der Waals surface area contributed by atoms with Crippen LogP contribution in [-0.4, -0.2) is 15.8 Å². The smallest absolute Gasteiger partial charge is 0.0722 e. The molecule has 0 amide bonds. The lowest BCUT2D eigenvalue weighted by Gasteiger charge is -2.35. The standard InChI is InChI=1S/C17H31N3/c1-16(2,3)15-13(12-20(6)19-15)11-18-14-8-7-9-17(4,5)10-14/h12,14,18H,7-11H2,1-6H3. The first-order valence-corrected chi connectivity index (χ1v) is 7.94. The second-order valence-electron chi connectivity index (χ2n) is 8.27. The van der Waals surface area contributed by atoms with E-state index in [-0.39, 0.29) is 5.41 Å². The van der Waals surface area contributed by atoms with E-state index in [1.807, 2.05) is 11.7 Å². The number of rotatable bonds is 3. The fraction of sp³-hybridized carbons (Fsp3) is 0.824. The SMILES string of the molecule is Cn1cc(CNC2CCCC(C)(C)C2)c(C(C)(C)C)n1. The summed E-state index contributed by atoms with van der Waals surface area (Å²) >= 11 is 0. The fourth-order valence-corrected chi connectivity index (χ4v) is 3.43. The molecule has 0 radical (unpaired) electrons. The zero-order chi connectivity index (χ0) is 15.0. The van der Waals surface area contributed by atoms with Crippen LogP contribution in [0.15, 0.2) is 6.20 Å². The molecule has 2 rings (SSSR count). The van der Waals surface area contributed by atoms with Crippen molar-refractivity contribution in [1.29, 1.82) is 0 Å². The Morgan fingerprint density at radius 1 is 1.40 bits per heavy atom. The third-order valence-electron chi connectivity index (χ3n) is 4.40. The lowest BCUT2D eigenvalue weighted by atomic mass is 9.75. The van der Waals surface area contributed by atoms with Gasteiger partial charge in [0.05, 0.1) is 5.69 Å². The molecule has 1 saturated carbocycles. The van der Waals surface area contributed by atoms with Gasteiger partial charge in [-0.15, -0.1) is 0 Å². The minimum atomic E-state index is 0.115. The summed E-state index contributed by atoms with van der Waals surface area (Å²) in [7, 11) is 2.02. The molecule has 1 heterocycles. The number of nitrogens with one attached hydrogen (secondary N) is 1. The van der Waals surface area contributed by atoms with E-state index in [1.54, 1.807) is 0 Å². The zero-order valence-electron chi connectivity index (χ0n) is 14.1. The van der Waals surface area contributed by atoms with Crippen LogP contribution in [0.3, 0.4) is 0 Å². The van der Waals surface area contributed by atoms with E-state index in [1.165, 1.54) is 36.9 Å². The Kier molecular flexibility index (Phi) is 4.29. The van der Waals surface area contributed by atoms with Crippen LogP contribution in [0, 0.1) is 5.41 Å². The van der Waals surface area contributed by atoms with Crippen molar-refractivity contribution in [2.75, 3.05) is 0 Å². The molecular formula is C17H31N3. The Morgan fingerprint density at radius 3 is 2.70 bits per heavy atom. The molecule has 0 saturated heterocycles. The van der Waals surface area contributed by atoms with Crippen molar-refractivity contribution in [3.05, 3.63) is 17.5 Å². The number of nitrogens with zero attached hydrogens (tertiary/aromatic N) is 2. The maximum atomic E-state index is 4.65. The molecule has 1 aliphatic rings. The van der Waals surface area contributed by atoms with Crippen LogP contribution >= 0.6 is 0 Å². The van der Waals surface area contributed by atoms with Crippen LogP contribution in [0.1, 0.15) is 71.6 Å². The van der Waals surface area contributed by atoms with Crippen LogP contribution in [0.2, 0.25) is 0 Å². The topological polar surface area (TPSA) is 29.9 Å². The van der Waals surface area contributed by atoms with Crippen molar-refractivity contribution in [2.45, 2.75) is 78.3 Å². The molecule has 1 aliphatic carbocycles. The Balaban J connectivity index is 2.01. The summed E-state index contributed by atoms with van der Waals surface area (Å²) in [5.74, 6) is 0. The van der Waals surface area contributed by atoms with Gasteiger partial charge >= 0.3 is 0 Å². The van der Waals surface area contributed by atoms with Gasteiger partial charge in [-0.1, -0.05) is 41.0 Å². The van der Waals surface area contributed by atoms with Gasteiger partial charge in [-0.2, -0.15) is 5.10 Å². The third kappa shape index (κ3) is 3.85. The molecule has 0 aliphatic heterocycles. The first-order chi connectivity index (χ1) is 9.17. The third-order valence-corrected chi connectivity index (χ3v) is 4.40. The molecule has 3 heteroatoms. The van der Waals surface area contributed by atoms with Crippen LogP contribution in [-0.2, 0) is 19.0 Å². The number of aryl methyl sites for hydroxylation is 1. The van der Waals surface area contributed by atoms with Crippen molar-refractivity contribution in [2.24, 2.45) is 12.5 Å². The summed E-state index contributed by atoms with van der Waals surface area (Å²) in [6, 6.07) is 0.659. The van der Waals surface area contributed by atoms with Crippen molar-refractivity contribution in [3.8, 4) is 0 Å². The van der Waals surface area contributed by atoms with Gasteiger partial charge in [0.25, 0.3) is 0 Å². The molecule has 1 atom stereocenters. The summed E-state index contributed by atoms with van der Waals surface area (Å²) in [6.07, 6.45) is 7.49. The van der Waals surface area contributed by atoms with E-state index in [2.05, 4.69) is 51.2 Å². The lowest BCUT2D eigenvalue weighted by molar-refractivity contribution is 0.197. The maximum absolute atomic E-state index is 4.65. The molecule has 20 heavy (non-hydrogen) atoms. The highest BCUT2D eigenvalue weighted by molar-refractivity contribution is 5.24. The number of aromatic nitrogens is 2. The number of hydrogen-bond donors (Lipinski definition) is 1. The van der Waals surface area contributed by atoms with Crippen LogP contribution in [0.25, 0.3) is 0 Å². The highest BCUT2D eigenvalue weighted by Gasteiger charge is 2.28. The predicted molar refractivity (Wildman–Crippen MR) is 84.8 cm³/mol. The van der Waals surface area contributed by atoms with E-state index in [4.69, 9.17) is 0 Å². The van der Waals surface area contributed by atoms with Gasteiger partial charge < -0.3 is 5.32 Å². The van der Waals surface area contributed by atoms with Gasteiger partial charge in [-0.05, 0) is 24.7 Å².